The molecule has 0 heterocycles. The van der Waals surface area contributed by atoms with Crippen molar-refractivity contribution in [3.8, 4) is 0 Å². The second kappa shape index (κ2) is 9.76. The van der Waals surface area contributed by atoms with Crippen LogP contribution in [0.2, 0.25) is 0 Å². The Labute approximate surface area is 156 Å². The number of aryl methyl sites for hydroxylation is 1. The lowest BCUT2D eigenvalue weighted by molar-refractivity contribution is -0.141. The Morgan fingerprint density at radius 1 is 1.04 bits per heavy atom. The predicted octanol–water partition coefficient (Wildman–Crippen LogP) is 3.48. The highest BCUT2D eigenvalue weighted by Gasteiger charge is 2.29. The summed E-state index contributed by atoms with van der Waals surface area (Å²) >= 11 is 0. The van der Waals surface area contributed by atoms with Crippen LogP contribution in [0.1, 0.15) is 36.5 Å². The lowest BCUT2D eigenvalue weighted by Crippen LogP contribution is -2.49. The Balaban J connectivity index is 2.35. The van der Waals surface area contributed by atoms with Gasteiger partial charge in [-0.2, -0.15) is 0 Å². The van der Waals surface area contributed by atoms with Crippen LogP contribution in [0.3, 0.4) is 0 Å². The number of rotatable bonds is 8. The summed E-state index contributed by atoms with van der Waals surface area (Å²) < 4.78 is 0. The van der Waals surface area contributed by atoms with E-state index in [-0.39, 0.29) is 11.8 Å². The molecule has 0 saturated carbocycles. The van der Waals surface area contributed by atoms with Crippen LogP contribution in [0.4, 0.5) is 0 Å². The Kier molecular flexibility index (Phi) is 7.39. The molecule has 2 aromatic carbocycles. The first-order chi connectivity index (χ1) is 12.6. The summed E-state index contributed by atoms with van der Waals surface area (Å²) in [6.07, 6.45) is 1.70. The van der Waals surface area contributed by atoms with Crippen molar-refractivity contribution in [2.75, 3.05) is 7.05 Å². The second-order valence-electron chi connectivity index (χ2n) is 6.52. The number of nitrogens with zero attached hydrogens (tertiary/aromatic N) is 1. The standard InChI is InChI=1S/C22H28N2O2/c1-4-10-21(25)24(16-19-14-9-8-11-17(19)2)20(22(26)23-3)15-18-12-6-5-7-13-18/h5-9,11-14,20H,4,10,15-16H2,1-3H3,(H,23,26)/t20-/m1/s1. The maximum absolute atomic E-state index is 12.9. The molecule has 26 heavy (non-hydrogen) atoms. The smallest absolute Gasteiger partial charge is 0.242 e. The van der Waals surface area contributed by atoms with Gasteiger partial charge in [0.2, 0.25) is 11.8 Å². The monoisotopic (exact) mass is 352 g/mol. The zero-order chi connectivity index (χ0) is 18.9. The van der Waals surface area contributed by atoms with Crippen molar-refractivity contribution >= 4 is 11.8 Å². The Bertz CT molecular complexity index is 728. The molecule has 1 atom stereocenters. The molecule has 1 N–H and O–H groups in total. The molecule has 4 heteroatoms. The highest BCUT2D eigenvalue weighted by molar-refractivity contribution is 5.87. The lowest BCUT2D eigenvalue weighted by Gasteiger charge is -2.31. The average Bonchev–Trinajstić information content (AvgIpc) is 2.66. The third-order valence-electron chi connectivity index (χ3n) is 4.58. The summed E-state index contributed by atoms with van der Waals surface area (Å²) in [6, 6.07) is 17.3. The third kappa shape index (κ3) is 5.19. The minimum atomic E-state index is -0.527. The fourth-order valence-corrected chi connectivity index (χ4v) is 3.05. The fraction of sp³-hybridized carbons (Fsp3) is 0.364. The van der Waals surface area contributed by atoms with Crippen molar-refractivity contribution in [2.45, 2.75) is 45.7 Å². The summed E-state index contributed by atoms with van der Waals surface area (Å²) in [7, 11) is 1.62. The van der Waals surface area contributed by atoms with Crippen molar-refractivity contribution in [3.05, 3.63) is 71.3 Å². The number of likely N-dealkylation sites (N-methyl/N-ethyl adjacent to an activating group) is 1. The Morgan fingerprint density at radius 2 is 1.69 bits per heavy atom. The van der Waals surface area contributed by atoms with Crippen LogP contribution in [0.15, 0.2) is 54.6 Å². The van der Waals surface area contributed by atoms with E-state index in [4.69, 9.17) is 0 Å². The molecule has 4 nitrogen and oxygen atoms in total. The number of nitrogens with one attached hydrogen (secondary N) is 1. The van der Waals surface area contributed by atoms with Crippen molar-refractivity contribution in [2.24, 2.45) is 0 Å². The number of carbonyl (C=O) groups excluding carboxylic acids is 2. The minimum Gasteiger partial charge on any atom is -0.357 e. The summed E-state index contributed by atoms with van der Waals surface area (Å²) in [5.41, 5.74) is 3.23. The molecule has 2 amide bonds. The van der Waals surface area contributed by atoms with Crippen molar-refractivity contribution in [3.63, 3.8) is 0 Å². The van der Waals surface area contributed by atoms with Gasteiger partial charge in [-0.15, -0.1) is 0 Å². The van der Waals surface area contributed by atoms with Gasteiger partial charge in [0.1, 0.15) is 6.04 Å². The van der Waals surface area contributed by atoms with Gasteiger partial charge in [0, 0.05) is 26.4 Å². The van der Waals surface area contributed by atoms with Crippen molar-refractivity contribution in [1.82, 2.24) is 10.2 Å². The first-order valence-electron chi connectivity index (χ1n) is 9.16. The number of benzene rings is 2. The second-order valence-corrected chi connectivity index (χ2v) is 6.52. The maximum Gasteiger partial charge on any atom is 0.242 e. The Hall–Kier alpha value is -2.62. The highest BCUT2D eigenvalue weighted by Crippen LogP contribution is 2.18. The van der Waals surface area contributed by atoms with Gasteiger partial charge in [0.25, 0.3) is 0 Å². The molecule has 0 aromatic heterocycles. The molecule has 0 aliphatic carbocycles. The van der Waals surface area contributed by atoms with Crippen LogP contribution < -0.4 is 5.32 Å². The summed E-state index contributed by atoms with van der Waals surface area (Å²) in [6.45, 7) is 4.45. The van der Waals surface area contributed by atoms with E-state index in [0.29, 0.717) is 19.4 Å². The number of amides is 2. The predicted molar refractivity (Wildman–Crippen MR) is 105 cm³/mol. The topological polar surface area (TPSA) is 49.4 Å². The summed E-state index contributed by atoms with van der Waals surface area (Å²) in [4.78, 5) is 27.2. The fourth-order valence-electron chi connectivity index (χ4n) is 3.05. The lowest BCUT2D eigenvalue weighted by atomic mass is 10.0. The zero-order valence-corrected chi connectivity index (χ0v) is 15.9. The van der Waals surface area contributed by atoms with E-state index in [0.717, 1.165) is 23.1 Å². The van der Waals surface area contributed by atoms with E-state index < -0.39 is 6.04 Å². The van der Waals surface area contributed by atoms with Gasteiger partial charge < -0.3 is 10.2 Å². The van der Waals surface area contributed by atoms with Gasteiger partial charge in [-0.05, 0) is 30.0 Å². The zero-order valence-electron chi connectivity index (χ0n) is 15.9. The highest BCUT2D eigenvalue weighted by atomic mass is 16.2. The summed E-state index contributed by atoms with van der Waals surface area (Å²) in [5, 5.41) is 2.73. The molecule has 0 aliphatic rings. The van der Waals surface area contributed by atoms with Gasteiger partial charge in [-0.1, -0.05) is 61.5 Å². The summed E-state index contributed by atoms with van der Waals surface area (Å²) in [5.74, 6) is -0.118. The van der Waals surface area contributed by atoms with E-state index in [9.17, 15) is 9.59 Å². The number of carbonyl (C=O) groups is 2. The molecule has 0 aliphatic heterocycles. The molecular formula is C22H28N2O2. The molecule has 0 bridgehead atoms. The van der Waals surface area contributed by atoms with E-state index in [1.807, 2.05) is 68.4 Å². The van der Waals surface area contributed by atoms with Crippen LogP contribution in [0.25, 0.3) is 0 Å². The molecule has 0 spiro atoms. The molecule has 0 radical (unpaired) electrons. The third-order valence-corrected chi connectivity index (χ3v) is 4.58. The van der Waals surface area contributed by atoms with Gasteiger partial charge in [0.05, 0.1) is 0 Å². The maximum atomic E-state index is 12.9. The van der Waals surface area contributed by atoms with Gasteiger partial charge in [0.15, 0.2) is 0 Å². The van der Waals surface area contributed by atoms with E-state index in [2.05, 4.69) is 5.32 Å². The molecule has 0 saturated heterocycles. The van der Waals surface area contributed by atoms with Gasteiger partial charge >= 0.3 is 0 Å². The van der Waals surface area contributed by atoms with Crippen LogP contribution in [-0.2, 0) is 22.6 Å². The van der Waals surface area contributed by atoms with E-state index in [1.54, 1.807) is 11.9 Å². The molecule has 2 rings (SSSR count). The van der Waals surface area contributed by atoms with Crippen LogP contribution in [0.5, 0.6) is 0 Å². The molecule has 0 unspecified atom stereocenters. The van der Waals surface area contributed by atoms with Gasteiger partial charge in [-0.25, -0.2) is 0 Å². The van der Waals surface area contributed by atoms with Crippen molar-refractivity contribution in [1.29, 1.82) is 0 Å². The van der Waals surface area contributed by atoms with Crippen molar-refractivity contribution < 1.29 is 9.59 Å². The van der Waals surface area contributed by atoms with E-state index >= 15 is 0 Å². The average molecular weight is 352 g/mol. The molecular weight excluding hydrogens is 324 g/mol. The number of hydrogen-bond acceptors (Lipinski definition) is 2. The van der Waals surface area contributed by atoms with Crippen LogP contribution in [-0.4, -0.2) is 29.8 Å². The number of hydrogen-bond donors (Lipinski definition) is 1. The SMILES string of the molecule is CCCC(=O)N(Cc1ccccc1C)[C@H](Cc1ccccc1)C(=O)NC. The molecule has 2 aromatic rings. The van der Waals surface area contributed by atoms with Gasteiger partial charge in [-0.3, -0.25) is 9.59 Å². The Morgan fingerprint density at radius 3 is 2.31 bits per heavy atom. The normalized spacial score (nSPS) is 11.7. The molecule has 0 fully saturated rings. The minimum absolute atomic E-state index is 0.0142. The first kappa shape index (κ1) is 19.7. The van der Waals surface area contributed by atoms with E-state index in [1.165, 1.54) is 0 Å². The first-order valence-corrected chi connectivity index (χ1v) is 9.16. The molecule has 138 valence electrons. The van der Waals surface area contributed by atoms with Crippen LogP contribution in [0, 0.1) is 6.92 Å². The quantitative estimate of drug-likeness (QED) is 0.791. The van der Waals surface area contributed by atoms with Crippen LogP contribution >= 0.6 is 0 Å². The largest absolute Gasteiger partial charge is 0.357 e.